The van der Waals surface area contributed by atoms with Gasteiger partial charge in [-0.25, -0.2) is 4.79 Å². The Morgan fingerprint density at radius 3 is 1.89 bits per heavy atom. The average Bonchev–Trinajstić information content (AvgIpc) is 3.16. The van der Waals surface area contributed by atoms with E-state index >= 15 is 0 Å². The van der Waals surface area contributed by atoms with Crippen LogP contribution in [0, 0.1) is 11.8 Å². The third-order valence-electron chi connectivity index (χ3n) is 6.97. The van der Waals surface area contributed by atoms with Crippen LogP contribution in [0.4, 0.5) is 5.69 Å². The maximum atomic E-state index is 13.3. The number of benzene rings is 3. The van der Waals surface area contributed by atoms with Crippen LogP contribution >= 0.6 is 43.5 Å². The number of carbonyl (C=O) groups excluding carboxylic acids is 4. The van der Waals surface area contributed by atoms with Gasteiger partial charge in [-0.2, -0.15) is 0 Å². The first-order chi connectivity index (χ1) is 18.2. The van der Waals surface area contributed by atoms with E-state index in [2.05, 4.69) is 31.9 Å². The molecule has 5 rings (SSSR count). The number of esters is 1. The smallest absolute Gasteiger partial charge is 0.339 e. The molecule has 194 valence electrons. The van der Waals surface area contributed by atoms with E-state index in [1.54, 1.807) is 66.7 Å². The Hall–Kier alpha value is -2.81. The van der Waals surface area contributed by atoms with E-state index in [9.17, 15) is 19.2 Å². The lowest BCUT2D eigenvalue weighted by Gasteiger charge is -2.29. The second-order valence-electron chi connectivity index (χ2n) is 9.34. The third-order valence-corrected chi connectivity index (χ3v) is 9.95. The van der Waals surface area contributed by atoms with Gasteiger partial charge in [-0.1, -0.05) is 85.9 Å². The van der Waals surface area contributed by atoms with E-state index in [1.165, 1.54) is 17.0 Å². The van der Waals surface area contributed by atoms with Crippen molar-refractivity contribution in [2.24, 2.45) is 11.8 Å². The van der Waals surface area contributed by atoms with Gasteiger partial charge in [0.05, 0.1) is 23.1 Å². The monoisotopic (exact) mass is 657 g/mol. The summed E-state index contributed by atoms with van der Waals surface area (Å²) in [5, 5.41) is 0.491. The number of carbonyl (C=O) groups is 4. The number of fused-ring (bicyclic) bond motifs is 1. The predicted molar refractivity (Wildman–Crippen MR) is 151 cm³/mol. The highest BCUT2D eigenvalue weighted by molar-refractivity contribution is 9.12. The van der Waals surface area contributed by atoms with Gasteiger partial charge in [0.25, 0.3) is 0 Å². The number of halogens is 3. The molecule has 0 unspecified atom stereocenters. The van der Waals surface area contributed by atoms with E-state index in [4.69, 9.17) is 16.3 Å². The lowest BCUT2D eigenvalue weighted by molar-refractivity contribution is -0.122. The number of amides is 2. The van der Waals surface area contributed by atoms with E-state index in [-0.39, 0.29) is 44.7 Å². The molecule has 1 aliphatic carbocycles. The molecule has 2 fully saturated rings. The summed E-state index contributed by atoms with van der Waals surface area (Å²) in [6, 6.07) is 21.2. The number of hydrogen-bond donors (Lipinski definition) is 0. The SMILES string of the molecule is O=C(O[C@H](C(=O)c1ccccc1)c1ccc(Cl)cc1)c1ccc(N2C(=O)[C@@H]3C[C@@H](Br)[C@@H](Br)C[C@H]3C2=O)cc1. The largest absolute Gasteiger partial charge is 0.445 e. The van der Waals surface area contributed by atoms with Crippen molar-refractivity contribution in [2.75, 3.05) is 4.90 Å². The lowest BCUT2D eigenvalue weighted by Crippen LogP contribution is -2.34. The zero-order valence-electron chi connectivity index (χ0n) is 19.9. The van der Waals surface area contributed by atoms with Crippen LogP contribution in [0.5, 0.6) is 0 Å². The number of hydrogen-bond acceptors (Lipinski definition) is 5. The van der Waals surface area contributed by atoms with Gasteiger partial charge >= 0.3 is 5.97 Å². The van der Waals surface area contributed by atoms with Crippen LogP contribution in [0.25, 0.3) is 0 Å². The molecule has 38 heavy (non-hydrogen) atoms. The number of imide groups is 1. The van der Waals surface area contributed by atoms with Crippen LogP contribution in [0.2, 0.25) is 5.02 Å². The van der Waals surface area contributed by atoms with Crippen LogP contribution < -0.4 is 4.90 Å². The average molecular weight is 660 g/mol. The van der Waals surface area contributed by atoms with Gasteiger partial charge in [-0.3, -0.25) is 19.3 Å². The summed E-state index contributed by atoms with van der Waals surface area (Å²) < 4.78 is 5.70. The maximum Gasteiger partial charge on any atom is 0.339 e. The Morgan fingerprint density at radius 1 is 0.789 bits per heavy atom. The zero-order chi connectivity index (χ0) is 27.0. The van der Waals surface area contributed by atoms with Gasteiger partial charge in [0, 0.05) is 25.8 Å². The summed E-state index contributed by atoms with van der Waals surface area (Å²) >= 11 is 13.2. The third kappa shape index (κ3) is 5.22. The molecule has 2 aliphatic rings. The standard InChI is InChI=1S/C29H22Br2ClNO5/c30-23-14-21-22(15-24(23)31)28(36)33(27(21)35)20-12-8-18(9-13-20)29(37)38-26(17-6-10-19(32)11-7-17)25(34)16-4-2-1-3-5-16/h1-13,21-24,26H,14-15H2/t21-,22-,23-,24+,26+/m1/s1. The second kappa shape index (κ2) is 11.1. The minimum absolute atomic E-state index is 0.116. The van der Waals surface area contributed by atoms with E-state index in [0.717, 1.165) is 0 Å². The van der Waals surface area contributed by atoms with Crippen molar-refractivity contribution in [3.05, 3.63) is 101 Å². The van der Waals surface area contributed by atoms with E-state index in [0.29, 0.717) is 34.7 Å². The Bertz CT molecular complexity index is 1350. The molecule has 1 heterocycles. The Kier molecular flexibility index (Phi) is 7.84. The molecule has 1 aliphatic heterocycles. The van der Waals surface area contributed by atoms with Crippen molar-refractivity contribution in [3.8, 4) is 0 Å². The fourth-order valence-corrected chi connectivity index (χ4v) is 6.30. The lowest BCUT2D eigenvalue weighted by atomic mass is 9.81. The van der Waals surface area contributed by atoms with Crippen LogP contribution in [0.3, 0.4) is 0 Å². The van der Waals surface area contributed by atoms with Crippen molar-refractivity contribution in [1.82, 2.24) is 0 Å². The summed E-state index contributed by atoms with van der Waals surface area (Å²) in [5.74, 6) is -2.27. The summed E-state index contributed by atoms with van der Waals surface area (Å²) in [6.45, 7) is 0. The summed E-state index contributed by atoms with van der Waals surface area (Å²) in [7, 11) is 0. The number of nitrogens with zero attached hydrogens (tertiary/aromatic N) is 1. The van der Waals surface area contributed by atoms with E-state index in [1.807, 2.05) is 0 Å². The quantitative estimate of drug-likeness (QED) is 0.130. The summed E-state index contributed by atoms with van der Waals surface area (Å²) in [4.78, 5) is 54.0. The Balaban J connectivity index is 1.36. The van der Waals surface area contributed by atoms with Gasteiger partial charge in [-0.05, 0) is 49.2 Å². The first-order valence-electron chi connectivity index (χ1n) is 12.1. The number of Topliss-reactive ketones (excluding diaryl/α,β-unsaturated/α-hetero) is 1. The Labute approximate surface area is 241 Å². The molecule has 9 heteroatoms. The molecule has 0 aromatic heterocycles. The molecule has 0 bridgehead atoms. The van der Waals surface area contributed by atoms with Crippen molar-refractivity contribution in [3.63, 3.8) is 0 Å². The van der Waals surface area contributed by atoms with Gasteiger partial charge in [0.1, 0.15) is 0 Å². The first kappa shape index (κ1) is 26.8. The molecular formula is C29H22Br2ClNO5. The first-order valence-corrected chi connectivity index (χ1v) is 14.3. The minimum Gasteiger partial charge on any atom is -0.445 e. The minimum atomic E-state index is -1.18. The maximum absolute atomic E-state index is 13.3. The summed E-state index contributed by atoms with van der Waals surface area (Å²) in [6.07, 6.45) is -0.0256. The molecule has 0 N–H and O–H groups in total. The normalized spacial score (nSPS) is 23.6. The molecule has 0 spiro atoms. The highest BCUT2D eigenvalue weighted by atomic mass is 79.9. The van der Waals surface area contributed by atoms with Gasteiger partial charge in [0.15, 0.2) is 6.10 Å². The highest BCUT2D eigenvalue weighted by Crippen LogP contribution is 2.44. The van der Waals surface area contributed by atoms with Gasteiger partial charge < -0.3 is 4.74 Å². The molecule has 2 amide bonds. The van der Waals surface area contributed by atoms with Crippen molar-refractivity contribution >= 4 is 72.7 Å². The molecular weight excluding hydrogens is 638 g/mol. The van der Waals surface area contributed by atoms with Crippen molar-refractivity contribution < 1.29 is 23.9 Å². The molecule has 5 atom stereocenters. The number of ether oxygens (including phenoxy) is 1. The summed E-state index contributed by atoms with van der Waals surface area (Å²) in [5.41, 5.74) is 1.47. The fraction of sp³-hybridized carbons (Fsp3) is 0.241. The van der Waals surface area contributed by atoms with Crippen LogP contribution in [0.1, 0.15) is 45.2 Å². The van der Waals surface area contributed by atoms with Gasteiger partial charge in [0.2, 0.25) is 17.6 Å². The molecule has 6 nitrogen and oxygen atoms in total. The van der Waals surface area contributed by atoms with Crippen LogP contribution in [-0.2, 0) is 14.3 Å². The van der Waals surface area contributed by atoms with Gasteiger partial charge in [-0.15, -0.1) is 0 Å². The zero-order valence-corrected chi connectivity index (χ0v) is 23.9. The molecule has 3 aromatic rings. The number of ketones is 1. The molecule has 1 saturated heterocycles. The molecule has 3 aromatic carbocycles. The molecule has 1 saturated carbocycles. The topological polar surface area (TPSA) is 80.8 Å². The van der Waals surface area contributed by atoms with E-state index < -0.39 is 12.1 Å². The fourth-order valence-electron chi connectivity index (χ4n) is 4.94. The number of anilines is 1. The predicted octanol–water partition coefficient (Wildman–Crippen LogP) is 6.55. The number of alkyl halides is 2. The van der Waals surface area contributed by atoms with Crippen LogP contribution in [-0.4, -0.2) is 33.2 Å². The number of rotatable bonds is 6. The van der Waals surface area contributed by atoms with Crippen molar-refractivity contribution in [2.45, 2.75) is 28.6 Å². The van der Waals surface area contributed by atoms with Crippen LogP contribution in [0.15, 0.2) is 78.9 Å². The second-order valence-corrected chi connectivity index (χ2v) is 12.1. The molecule has 0 radical (unpaired) electrons. The Morgan fingerprint density at radius 2 is 1.34 bits per heavy atom. The van der Waals surface area contributed by atoms with Crippen molar-refractivity contribution in [1.29, 1.82) is 0 Å². The highest BCUT2D eigenvalue weighted by Gasteiger charge is 2.52.